The highest BCUT2D eigenvalue weighted by Crippen LogP contribution is 2.36. The Morgan fingerprint density at radius 2 is 1.15 bits per heavy atom. The SMILES string of the molecule is CCC(c1ccccc1)C1NC(=O)CNC(=O)C(CO)NC(=O)C(C(O)C2CN(c3nc4ccccc4o3)C(=N)N2C2OC(CO)C(O)C(O)C2O)NC(=O)C(C(O)C2CN=C(Nc3nc4ccccc4o3)N2)NC(=O)C(Cc2ccc(OC3OC(CO)C(OC4OC(CO)C(O)C(O)C4O)C(O)C3O)cc2)NC1=O. The highest BCUT2D eigenvalue weighted by molar-refractivity contribution is 6.00. The fourth-order valence-electron chi connectivity index (χ4n) is 13.9. The standard InChI is InChI=1S/C69H86N14O27/c1-2-31(29-10-4-3-5-11-29)44-60(101)73-34(20-28-16-18-30(19-17-28)104-64-56(98)53(95)57(42(27-87)107-64)110-65-55(97)52(94)50(92)41(26-86)106-65)59(100)79-45(47(89)35-21-72-67(75-35)81-68-76-32-12-6-8-14-38(32)108-68)62(103)80-46(61(102)74-36(24-84)58(99)71-22-43(88)78-44)48(90)37-23-82(69-77-33-13-7-9-15-39(33)109-69)66(70)83(37)63-54(96)51(93)49(91)40(25-85)105-63/h3-19,31,34-37,40-42,44-57,63-65,70,84-87,89-98H,2,20-27H2,1H3,(H,71,99)(H,73,101)(H,74,102)(H,78,88)(H,79,100)(H,80,103)(H2,72,75,76,81). The second kappa shape index (κ2) is 34.7. The number of ether oxygens (including phenoxy) is 5. The smallest absolute Gasteiger partial charge is 0.305 e. The third kappa shape index (κ3) is 16.9. The molecule has 110 heavy (non-hydrogen) atoms. The fraction of sp³-hybridized carbons (Fsp3) is 0.507. The number of guanidine groups is 2. The van der Waals surface area contributed by atoms with Crippen LogP contribution in [-0.2, 0) is 54.1 Å². The van der Waals surface area contributed by atoms with Gasteiger partial charge in [0.25, 0.3) is 0 Å². The highest BCUT2D eigenvalue weighted by Gasteiger charge is 2.56. The Balaban J connectivity index is 0.895. The van der Waals surface area contributed by atoms with Crippen molar-refractivity contribution in [3.8, 4) is 5.75 Å². The first kappa shape index (κ1) is 79.8. The second-order valence-electron chi connectivity index (χ2n) is 27.1. The Morgan fingerprint density at radius 1 is 0.573 bits per heavy atom. The maximum absolute atomic E-state index is 15.8. The number of para-hydroxylation sites is 4. The lowest BCUT2D eigenvalue weighted by molar-refractivity contribution is -0.352. The van der Waals surface area contributed by atoms with Crippen LogP contribution in [0.15, 0.2) is 117 Å². The molecular weight excluding hydrogens is 1460 g/mol. The number of carbonyl (C=O) groups excluding carboxylic acids is 6. The summed E-state index contributed by atoms with van der Waals surface area (Å²) >= 11 is 0. The Bertz CT molecular complexity index is 4190. The lowest BCUT2D eigenvalue weighted by Gasteiger charge is -2.46. The molecule has 6 aliphatic rings. The van der Waals surface area contributed by atoms with Crippen LogP contribution in [0.4, 0.5) is 12.0 Å². The van der Waals surface area contributed by atoms with Gasteiger partial charge in [-0.25, -0.2) is 0 Å². The lowest BCUT2D eigenvalue weighted by Crippen LogP contribution is -2.69. The first-order valence-electron chi connectivity index (χ1n) is 35.2. The summed E-state index contributed by atoms with van der Waals surface area (Å²) in [7, 11) is 0. The minimum Gasteiger partial charge on any atom is -0.462 e. The third-order valence-electron chi connectivity index (χ3n) is 19.9. The van der Waals surface area contributed by atoms with E-state index in [4.69, 9.17) is 32.5 Å². The van der Waals surface area contributed by atoms with Crippen LogP contribution in [0.2, 0.25) is 0 Å². The van der Waals surface area contributed by atoms with Crippen molar-refractivity contribution in [3.05, 3.63) is 114 Å². The number of carbonyl (C=O) groups is 6. The van der Waals surface area contributed by atoms with Crippen molar-refractivity contribution in [3.63, 3.8) is 0 Å². The summed E-state index contributed by atoms with van der Waals surface area (Å²) in [5.74, 6) is -9.36. The highest BCUT2D eigenvalue weighted by atomic mass is 16.7. The van der Waals surface area contributed by atoms with Gasteiger partial charge in [0.1, 0.15) is 132 Å². The van der Waals surface area contributed by atoms with E-state index in [9.17, 15) is 86.5 Å². The molecule has 25 unspecified atom stereocenters. The average molecular weight is 1540 g/mol. The molecule has 41 heteroatoms. The number of aliphatic hydroxyl groups is 14. The van der Waals surface area contributed by atoms with Gasteiger partial charge in [0, 0.05) is 12.3 Å². The number of hydrogen-bond acceptors (Lipinski definition) is 33. The van der Waals surface area contributed by atoms with Gasteiger partial charge in [-0.15, -0.1) is 0 Å². The number of fused-ring (bicyclic) bond motifs is 2. The van der Waals surface area contributed by atoms with E-state index in [1.54, 1.807) is 79.7 Å². The molecule has 41 nitrogen and oxygen atoms in total. The molecule has 2 aromatic heterocycles. The molecule has 5 saturated heterocycles. The van der Waals surface area contributed by atoms with Crippen molar-refractivity contribution in [2.75, 3.05) is 56.3 Å². The van der Waals surface area contributed by atoms with Crippen LogP contribution >= 0.6 is 0 Å². The van der Waals surface area contributed by atoms with E-state index in [1.165, 1.54) is 30.3 Å². The number of nitrogens with zero attached hydrogens (tertiary/aromatic N) is 5. The Kier molecular flexibility index (Phi) is 25.2. The van der Waals surface area contributed by atoms with Gasteiger partial charge >= 0.3 is 12.0 Å². The topological polar surface area (TPSA) is 623 Å². The zero-order valence-corrected chi connectivity index (χ0v) is 58.4. The molecule has 6 aliphatic heterocycles. The number of benzene rings is 4. The van der Waals surface area contributed by atoms with E-state index in [-0.39, 0.29) is 53.4 Å². The minimum absolute atomic E-state index is 0.0735. The Labute approximate surface area is 623 Å². The van der Waals surface area contributed by atoms with Gasteiger partial charge in [-0.3, -0.25) is 49.4 Å². The van der Waals surface area contributed by atoms with Crippen molar-refractivity contribution in [1.29, 1.82) is 5.41 Å². The molecule has 0 radical (unpaired) electrons. The molecule has 0 spiro atoms. The fourth-order valence-corrected chi connectivity index (χ4v) is 13.9. The molecule has 6 amide bonds. The van der Waals surface area contributed by atoms with Gasteiger partial charge in [0.2, 0.25) is 47.7 Å². The van der Waals surface area contributed by atoms with E-state index in [0.29, 0.717) is 16.7 Å². The molecule has 6 aromatic rings. The van der Waals surface area contributed by atoms with Crippen molar-refractivity contribution in [1.82, 2.24) is 52.1 Å². The Hall–Kier alpha value is -9.74. The van der Waals surface area contributed by atoms with Gasteiger partial charge in [0.15, 0.2) is 29.6 Å². The van der Waals surface area contributed by atoms with E-state index in [0.717, 1.165) is 9.80 Å². The maximum atomic E-state index is 15.8. The maximum Gasteiger partial charge on any atom is 0.305 e. The molecule has 4 aromatic carbocycles. The zero-order chi connectivity index (χ0) is 78.5. The third-order valence-corrected chi connectivity index (χ3v) is 19.9. The predicted octanol–water partition coefficient (Wildman–Crippen LogP) is -8.66. The van der Waals surface area contributed by atoms with Crippen LogP contribution in [0.1, 0.15) is 30.4 Å². The van der Waals surface area contributed by atoms with Gasteiger partial charge < -0.3 is 146 Å². The predicted molar refractivity (Wildman–Crippen MR) is 374 cm³/mol. The quantitative estimate of drug-likeness (QED) is 0.0337. The molecule has 594 valence electrons. The van der Waals surface area contributed by atoms with Gasteiger partial charge in [-0.2, -0.15) is 9.97 Å². The summed E-state index contributed by atoms with van der Waals surface area (Å²) in [6.45, 7) is -4.24. The number of hydrogen-bond donors (Lipinski definition) is 23. The molecule has 0 aliphatic carbocycles. The number of aliphatic imine (C=N–C) groups is 1. The minimum atomic E-state index is -2.50. The number of aromatic nitrogens is 2. The second-order valence-corrected chi connectivity index (χ2v) is 27.1. The summed E-state index contributed by atoms with van der Waals surface area (Å²) in [4.78, 5) is 106. The zero-order valence-electron chi connectivity index (χ0n) is 58.4. The van der Waals surface area contributed by atoms with E-state index in [1.807, 2.05) is 0 Å². The van der Waals surface area contributed by atoms with E-state index < -0.39 is 240 Å². The summed E-state index contributed by atoms with van der Waals surface area (Å²) < 4.78 is 40.6. The van der Waals surface area contributed by atoms with Crippen LogP contribution in [0.25, 0.3) is 22.2 Å². The molecule has 5 fully saturated rings. The molecule has 25 atom stereocenters. The molecule has 12 rings (SSSR count). The molecule has 8 heterocycles. The number of anilines is 2. The molecule has 0 bridgehead atoms. The van der Waals surface area contributed by atoms with Gasteiger partial charge in [-0.05, 0) is 53.9 Å². The monoisotopic (exact) mass is 1540 g/mol. The summed E-state index contributed by atoms with van der Waals surface area (Å²) in [5.41, 5.74) is 1.97. The molecule has 23 N–H and O–H groups in total. The summed E-state index contributed by atoms with van der Waals surface area (Å²) in [5, 5.41) is 185. The van der Waals surface area contributed by atoms with Crippen molar-refractivity contribution >= 4 is 81.6 Å². The largest absolute Gasteiger partial charge is 0.462 e. The number of amides is 6. The molecular formula is C69H86N14O27. The van der Waals surface area contributed by atoms with Crippen LogP contribution in [0.3, 0.4) is 0 Å². The van der Waals surface area contributed by atoms with Crippen LogP contribution in [-0.4, -0.2) is 326 Å². The normalized spacial score (nSPS) is 33.3. The Morgan fingerprint density at radius 3 is 1.81 bits per heavy atom. The van der Waals surface area contributed by atoms with E-state index >= 15 is 19.2 Å². The van der Waals surface area contributed by atoms with Gasteiger partial charge in [-0.1, -0.05) is 73.7 Å². The first-order chi connectivity index (χ1) is 52.8. The van der Waals surface area contributed by atoms with Gasteiger partial charge in [0.05, 0.1) is 58.1 Å². The summed E-state index contributed by atoms with van der Waals surface area (Å²) in [6.07, 6.45) is -32.8. The average Bonchev–Trinajstić information content (AvgIpc) is 1.57. The molecule has 0 saturated carbocycles. The number of oxazole rings is 2. The van der Waals surface area contributed by atoms with Crippen LogP contribution in [0.5, 0.6) is 5.75 Å². The number of aliphatic hydroxyl groups excluding tert-OH is 14. The van der Waals surface area contributed by atoms with Crippen molar-refractivity contribution < 1.29 is 133 Å². The lowest BCUT2D eigenvalue weighted by atomic mass is 9.88. The number of nitrogens with one attached hydrogen (secondary N) is 9. The summed E-state index contributed by atoms with van der Waals surface area (Å²) in [6, 6.07) is 12.8. The van der Waals surface area contributed by atoms with E-state index in [2.05, 4.69) is 57.5 Å². The van der Waals surface area contributed by atoms with Crippen LogP contribution < -0.4 is 52.2 Å². The van der Waals surface area contributed by atoms with Crippen LogP contribution in [0, 0.1) is 5.41 Å². The van der Waals surface area contributed by atoms with Crippen molar-refractivity contribution in [2.24, 2.45) is 4.99 Å². The number of rotatable bonds is 20. The van der Waals surface area contributed by atoms with Crippen molar-refractivity contribution in [2.45, 2.75) is 172 Å². The first-order valence-corrected chi connectivity index (χ1v) is 35.2.